The zero-order valence-electron chi connectivity index (χ0n) is 14.3. The average Bonchev–Trinajstić information content (AvgIpc) is 2.67. The average molecular weight is 357 g/mol. The first kappa shape index (κ1) is 17.6. The maximum Gasteiger partial charge on any atom is 0.261 e. The van der Waals surface area contributed by atoms with Crippen LogP contribution in [0.5, 0.6) is 5.88 Å². The van der Waals surface area contributed by atoms with Gasteiger partial charge in [-0.15, -0.1) is 0 Å². The van der Waals surface area contributed by atoms with Crippen LogP contribution in [0, 0.1) is 0 Å². The van der Waals surface area contributed by atoms with Crippen LogP contribution < -0.4 is 15.4 Å². The number of benzene rings is 1. The first-order valence-electron chi connectivity index (χ1n) is 8.20. The lowest BCUT2D eigenvalue weighted by atomic mass is 10.1. The molecule has 1 saturated heterocycles. The van der Waals surface area contributed by atoms with Crippen molar-refractivity contribution in [3.63, 3.8) is 0 Å². The molecule has 3 amide bonds. The molecule has 0 spiro atoms. The quantitative estimate of drug-likeness (QED) is 0.744. The number of aromatic nitrogens is 2. The van der Waals surface area contributed by atoms with Crippen LogP contribution >= 0.6 is 0 Å². The molecule has 0 bridgehead atoms. The summed E-state index contributed by atoms with van der Waals surface area (Å²) in [5.74, 6) is -0.738. The third-order valence-corrected chi connectivity index (χ3v) is 4.15. The van der Waals surface area contributed by atoms with Crippen molar-refractivity contribution in [2.45, 2.75) is 12.5 Å². The second-order valence-corrected chi connectivity index (χ2v) is 5.76. The van der Waals surface area contributed by atoms with E-state index in [9.17, 15) is 14.4 Å². The molecule has 26 heavy (non-hydrogen) atoms. The standard InChI is InChI=1S/C17H19N5O4/c1-18-14(23)8-13-16(25)19-6-7-22(13)15(24)9-26-17-11-4-2-3-5-12(11)20-10-21-17/h2-5,10,13H,6-9H2,1H3,(H,18,23)(H,19,25)/t13-/m0/s1. The molecule has 1 aliphatic heterocycles. The van der Waals surface area contributed by atoms with Crippen molar-refractivity contribution in [1.29, 1.82) is 0 Å². The molecule has 1 atom stereocenters. The van der Waals surface area contributed by atoms with Gasteiger partial charge in [-0.2, -0.15) is 0 Å². The van der Waals surface area contributed by atoms with Crippen LogP contribution in [0.25, 0.3) is 10.9 Å². The maximum atomic E-state index is 12.6. The van der Waals surface area contributed by atoms with Gasteiger partial charge < -0.3 is 20.3 Å². The normalized spacial score (nSPS) is 16.9. The van der Waals surface area contributed by atoms with Crippen LogP contribution in [0.1, 0.15) is 6.42 Å². The third kappa shape index (κ3) is 3.71. The predicted molar refractivity (Wildman–Crippen MR) is 92.2 cm³/mol. The summed E-state index contributed by atoms with van der Waals surface area (Å²) >= 11 is 0. The smallest absolute Gasteiger partial charge is 0.261 e. The minimum Gasteiger partial charge on any atom is -0.467 e. The fraction of sp³-hybridized carbons (Fsp3) is 0.353. The number of carbonyl (C=O) groups is 3. The Morgan fingerprint density at radius 3 is 2.96 bits per heavy atom. The third-order valence-electron chi connectivity index (χ3n) is 4.15. The highest BCUT2D eigenvalue weighted by Crippen LogP contribution is 2.20. The fourth-order valence-electron chi connectivity index (χ4n) is 2.80. The van der Waals surface area contributed by atoms with Gasteiger partial charge in [-0.25, -0.2) is 9.97 Å². The number of para-hydroxylation sites is 1. The number of fused-ring (bicyclic) bond motifs is 1. The maximum absolute atomic E-state index is 12.6. The minimum atomic E-state index is -0.845. The minimum absolute atomic E-state index is 0.0927. The number of amides is 3. The van der Waals surface area contributed by atoms with Gasteiger partial charge in [0.25, 0.3) is 5.91 Å². The molecule has 2 aromatic rings. The van der Waals surface area contributed by atoms with Crippen molar-refractivity contribution < 1.29 is 19.1 Å². The molecule has 3 rings (SSSR count). The lowest BCUT2D eigenvalue weighted by Crippen LogP contribution is -2.59. The lowest BCUT2D eigenvalue weighted by molar-refractivity contribution is -0.146. The summed E-state index contributed by atoms with van der Waals surface area (Å²) in [5.41, 5.74) is 0.708. The molecule has 0 saturated carbocycles. The molecule has 0 unspecified atom stereocenters. The van der Waals surface area contributed by atoms with Gasteiger partial charge in [0.15, 0.2) is 6.61 Å². The van der Waals surface area contributed by atoms with E-state index in [-0.39, 0.29) is 30.7 Å². The lowest BCUT2D eigenvalue weighted by Gasteiger charge is -2.34. The second-order valence-electron chi connectivity index (χ2n) is 5.76. The number of carbonyl (C=O) groups excluding carboxylic acids is 3. The summed E-state index contributed by atoms with van der Waals surface area (Å²) in [7, 11) is 1.48. The van der Waals surface area contributed by atoms with Gasteiger partial charge in [0.1, 0.15) is 12.4 Å². The topological polar surface area (TPSA) is 114 Å². The van der Waals surface area contributed by atoms with E-state index < -0.39 is 6.04 Å². The Bertz CT molecular complexity index is 836. The first-order chi connectivity index (χ1) is 12.6. The zero-order valence-corrected chi connectivity index (χ0v) is 14.3. The van der Waals surface area contributed by atoms with Crippen molar-refractivity contribution in [2.24, 2.45) is 0 Å². The Hall–Kier alpha value is -3.23. The van der Waals surface area contributed by atoms with Gasteiger partial charge in [-0.3, -0.25) is 14.4 Å². The second kappa shape index (κ2) is 7.77. The van der Waals surface area contributed by atoms with Gasteiger partial charge >= 0.3 is 0 Å². The first-order valence-corrected chi connectivity index (χ1v) is 8.20. The fourth-order valence-corrected chi connectivity index (χ4v) is 2.80. The summed E-state index contributed by atoms with van der Waals surface area (Å²) in [5, 5.41) is 5.83. The van der Waals surface area contributed by atoms with Crippen molar-refractivity contribution in [2.75, 3.05) is 26.7 Å². The van der Waals surface area contributed by atoms with Crippen LogP contribution in [-0.2, 0) is 14.4 Å². The number of nitrogens with zero attached hydrogens (tertiary/aromatic N) is 3. The van der Waals surface area contributed by atoms with Crippen LogP contribution in [0.4, 0.5) is 0 Å². The highest BCUT2D eigenvalue weighted by molar-refractivity contribution is 5.93. The molecule has 136 valence electrons. The van der Waals surface area contributed by atoms with Crippen LogP contribution in [0.2, 0.25) is 0 Å². The van der Waals surface area contributed by atoms with Gasteiger partial charge in [0.05, 0.1) is 17.3 Å². The highest BCUT2D eigenvalue weighted by Gasteiger charge is 2.34. The van der Waals surface area contributed by atoms with Gasteiger partial charge in [0, 0.05) is 20.1 Å². The molecule has 1 aromatic heterocycles. The van der Waals surface area contributed by atoms with E-state index in [0.29, 0.717) is 29.9 Å². The van der Waals surface area contributed by atoms with E-state index in [1.807, 2.05) is 18.2 Å². The molecule has 1 aliphatic rings. The molecular formula is C17H19N5O4. The van der Waals surface area contributed by atoms with E-state index >= 15 is 0 Å². The Morgan fingerprint density at radius 1 is 1.35 bits per heavy atom. The Balaban J connectivity index is 1.71. The van der Waals surface area contributed by atoms with Crippen LogP contribution in [-0.4, -0.2) is 65.4 Å². The number of nitrogens with one attached hydrogen (secondary N) is 2. The number of piperazine rings is 1. The largest absolute Gasteiger partial charge is 0.467 e. The molecule has 9 heteroatoms. The summed E-state index contributed by atoms with van der Waals surface area (Å²) in [6, 6.07) is 6.45. The van der Waals surface area contributed by atoms with Crippen molar-refractivity contribution in [3.05, 3.63) is 30.6 Å². The Morgan fingerprint density at radius 2 is 2.15 bits per heavy atom. The molecule has 0 radical (unpaired) electrons. The molecular weight excluding hydrogens is 338 g/mol. The Labute approximate surface area is 149 Å². The van der Waals surface area contributed by atoms with Gasteiger partial charge in [-0.1, -0.05) is 12.1 Å². The van der Waals surface area contributed by atoms with Crippen molar-refractivity contribution in [3.8, 4) is 5.88 Å². The van der Waals surface area contributed by atoms with E-state index in [1.54, 1.807) is 6.07 Å². The van der Waals surface area contributed by atoms with E-state index in [2.05, 4.69) is 20.6 Å². The summed E-state index contributed by atoms with van der Waals surface area (Å²) < 4.78 is 5.57. The molecule has 2 N–H and O–H groups in total. The number of ether oxygens (including phenoxy) is 1. The van der Waals surface area contributed by atoms with Crippen molar-refractivity contribution in [1.82, 2.24) is 25.5 Å². The molecule has 0 aliphatic carbocycles. The van der Waals surface area contributed by atoms with E-state index in [0.717, 1.165) is 0 Å². The summed E-state index contributed by atoms with van der Waals surface area (Å²) in [4.78, 5) is 45.9. The number of hydrogen-bond donors (Lipinski definition) is 2. The van der Waals surface area contributed by atoms with Gasteiger partial charge in [-0.05, 0) is 12.1 Å². The van der Waals surface area contributed by atoms with E-state index in [4.69, 9.17) is 4.74 Å². The highest BCUT2D eigenvalue weighted by atomic mass is 16.5. The molecule has 1 fully saturated rings. The van der Waals surface area contributed by atoms with E-state index in [1.165, 1.54) is 18.3 Å². The summed E-state index contributed by atoms with van der Waals surface area (Å²) in [6.07, 6.45) is 1.27. The molecule has 2 heterocycles. The number of rotatable bonds is 5. The number of hydrogen-bond acceptors (Lipinski definition) is 6. The predicted octanol–water partition coefficient (Wildman–Crippen LogP) is -0.528. The Kier molecular flexibility index (Phi) is 5.26. The monoisotopic (exact) mass is 357 g/mol. The van der Waals surface area contributed by atoms with Crippen molar-refractivity contribution >= 4 is 28.6 Å². The van der Waals surface area contributed by atoms with Crippen LogP contribution in [0.3, 0.4) is 0 Å². The molecule has 9 nitrogen and oxygen atoms in total. The van der Waals surface area contributed by atoms with Gasteiger partial charge in [0.2, 0.25) is 17.7 Å². The zero-order chi connectivity index (χ0) is 18.5. The van der Waals surface area contributed by atoms with Crippen LogP contribution in [0.15, 0.2) is 30.6 Å². The summed E-state index contributed by atoms with van der Waals surface area (Å²) in [6.45, 7) is 0.379. The molecule has 1 aromatic carbocycles. The SMILES string of the molecule is CNC(=O)C[C@H]1C(=O)NCCN1C(=O)COc1ncnc2ccccc12.